The Morgan fingerprint density at radius 2 is 1.98 bits per heavy atom. The Balaban J connectivity index is 1.21. The van der Waals surface area contributed by atoms with Crippen molar-refractivity contribution in [2.45, 2.75) is 12.6 Å². The van der Waals surface area contributed by atoms with Crippen LogP contribution in [0.15, 0.2) is 61.4 Å². The number of anilines is 4. The summed E-state index contributed by atoms with van der Waals surface area (Å²) >= 11 is 0.983. The summed E-state index contributed by atoms with van der Waals surface area (Å²) in [4.78, 5) is 42.6. The number of pyridine rings is 2. The third-order valence-electron chi connectivity index (χ3n) is 7.28. The molecular weight excluding hydrogens is 592 g/mol. The first-order valence-electron chi connectivity index (χ1n) is 13.6. The molecule has 0 aliphatic carbocycles. The van der Waals surface area contributed by atoms with Gasteiger partial charge in [-0.05, 0) is 36.4 Å². The smallest absolute Gasteiger partial charge is 0.267 e. The van der Waals surface area contributed by atoms with Crippen molar-refractivity contribution in [3.8, 4) is 17.0 Å². The number of methoxy groups -OCH3 is 1. The molecular formula is C30H27F2N7O4S. The average Bonchev–Trinajstić information content (AvgIpc) is 3.43. The number of nitrogens with zero attached hydrogens (tertiary/aromatic N) is 5. The van der Waals surface area contributed by atoms with E-state index in [0.717, 1.165) is 40.4 Å². The molecule has 0 saturated carbocycles. The number of halogens is 2. The van der Waals surface area contributed by atoms with Crippen LogP contribution in [0.5, 0.6) is 5.75 Å². The molecule has 0 radical (unpaired) electrons. The summed E-state index contributed by atoms with van der Waals surface area (Å²) in [5, 5.41) is 5.65. The van der Waals surface area contributed by atoms with Gasteiger partial charge in [0.1, 0.15) is 28.0 Å². The summed E-state index contributed by atoms with van der Waals surface area (Å²) in [6, 6.07) is 8.85. The summed E-state index contributed by atoms with van der Waals surface area (Å²) < 4.78 is 39.4. The number of amides is 2. The van der Waals surface area contributed by atoms with Gasteiger partial charge in [0.25, 0.3) is 5.91 Å². The predicted molar refractivity (Wildman–Crippen MR) is 161 cm³/mol. The molecule has 6 rings (SSSR count). The van der Waals surface area contributed by atoms with E-state index < -0.39 is 23.2 Å². The zero-order chi connectivity index (χ0) is 30.8. The zero-order valence-corrected chi connectivity index (χ0v) is 24.4. The van der Waals surface area contributed by atoms with Crippen LogP contribution in [0.1, 0.15) is 15.2 Å². The Bertz CT molecular complexity index is 1730. The van der Waals surface area contributed by atoms with Crippen molar-refractivity contribution in [1.29, 1.82) is 0 Å². The first kappa shape index (κ1) is 29.1. The van der Waals surface area contributed by atoms with Crippen molar-refractivity contribution >= 4 is 45.6 Å². The molecule has 3 aromatic heterocycles. The predicted octanol–water partition coefficient (Wildman–Crippen LogP) is 4.62. The molecule has 0 spiro atoms. The van der Waals surface area contributed by atoms with Gasteiger partial charge in [-0.1, -0.05) is 24.0 Å². The van der Waals surface area contributed by atoms with Crippen molar-refractivity contribution in [3.05, 3.63) is 83.5 Å². The van der Waals surface area contributed by atoms with E-state index in [1.54, 1.807) is 23.2 Å². The lowest BCUT2D eigenvalue weighted by atomic mass is 10.1. The van der Waals surface area contributed by atoms with Crippen LogP contribution >= 0.6 is 11.3 Å². The molecule has 1 unspecified atom stereocenters. The van der Waals surface area contributed by atoms with Gasteiger partial charge >= 0.3 is 0 Å². The van der Waals surface area contributed by atoms with E-state index in [1.165, 1.54) is 25.4 Å². The highest BCUT2D eigenvalue weighted by Crippen LogP contribution is 2.34. The molecule has 1 saturated heterocycles. The molecule has 14 heteroatoms. The van der Waals surface area contributed by atoms with Gasteiger partial charge in [0.05, 0.1) is 38.3 Å². The first-order chi connectivity index (χ1) is 21.3. The van der Waals surface area contributed by atoms with Crippen LogP contribution in [0.2, 0.25) is 0 Å². The topological polar surface area (TPSA) is 122 Å². The molecule has 44 heavy (non-hydrogen) atoms. The molecule has 1 aromatic carbocycles. The van der Waals surface area contributed by atoms with Crippen LogP contribution < -0.4 is 20.3 Å². The number of aromatic nitrogens is 3. The SMILES string of the molecule is C=CC(=O)N1CCN2c3ncc(-c4ccc(OC)c(Nc5ncc(C(=O)Nc6c(F)cccc6F)s5)n4)cc3COCC2C1. The largest absolute Gasteiger partial charge is 0.493 e. The van der Waals surface area contributed by atoms with Crippen molar-refractivity contribution in [2.75, 3.05) is 48.9 Å². The maximum atomic E-state index is 14.0. The second kappa shape index (κ2) is 12.3. The highest BCUT2D eigenvalue weighted by Gasteiger charge is 2.33. The zero-order valence-electron chi connectivity index (χ0n) is 23.5. The minimum Gasteiger partial charge on any atom is -0.493 e. The second-order valence-electron chi connectivity index (χ2n) is 10.0. The van der Waals surface area contributed by atoms with Crippen LogP contribution in [0.3, 0.4) is 0 Å². The summed E-state index contributed by atoms with van der Waals surface area (Å²) in [5.41, 5.74) is 1.73. The molecule has 2 aliphatic rings. The fourth-order valence-corrected chi connectivity index (χ4v) is 5.82. The van der Waals surface area contributed by atoms with Gasteiger partial charge in [-0.3, -0.25) is 9.59 Å². The summed E-state index contributed by atoms with van der Waals surface area (Å²) in [5.74, 6) is -0.964. The maximum absolute atomic E-state index is 14.0. The number of hydrogen-bond acceptors (Lipinski definition) is 10. The quantitative estimate of drug-likeness (QED) is 0.286. The van der Waals surface area contributed by atoms with Gasteiger partial charge in [-0.2, -0.15) is 0 Å². The lowest BCUT2D eigenvalue weighted by Crippen LogP contribution is -2.56. The third-order valence-corrected chi connectivity index (χ3v) is 8.19. The van der Waals surface area contributed by atoms with E-state index in [4.69, 9.17) is 19.4 Å². The summed E-state index contributed by atoms with van der Waals surface area (Å²) in [7, 11) is 1.51. The van der Waals surface area contributed by atoms with Crippen LogP contribution in [-0.2, 0) is 16.1 Å². The highest BCUT2D eigenvalue weighted by molar-refractivity contribution is 7.17. The van der Waals surface area contributed by atoms with E-state index in [2.05, 4.69) is 27.1 Å². The van der Waals surface area contributed by atoms with E-state index >= 15 is 0 Å². The van der Waals surface area contributed by atoms with E-state index in [-0.39, 0.29) is 16.8 Å². The standard InChI is InChI=1S/C30H27F2N7O4S/c1-3-25(40)38-9-10-39-19(14-38)16-43-15-18-11-17(12-33-28(18)39)22-7-8-23(42-2)27(35-22)37-30-34-13-24(44-30)29(41)36-26-20(31)5-4-6-21(26)32/h3-8,11-13,19H,1,9-10,14-16H2,2H3,(H,36,41)(H,34,35,37). The van der Waals surface area contributed by atoms with Gasteiger partial charge in [0.2, 0.25) is 5.91 Å². The molecule has 0 bridgehead atoms. The molecule has 2 N–H and O–H groups in total. The number of carbonyl (C=O) groups excluding carboxylic acids is 2. The Morgan fingerprint density at radius 1 is 1.16 bits per heavy atom. The molecule has 226 valence electrons. The van der Waals surface area contributed by atoms with Crippen LogP contribution in [0.25, 0.3) is 11.3 Å². The number of para-hydroxylation sites is 1. The number of carbonyl (C=O) groups is 2. The van der Waals surface area contributed by atoms with Crippen molar-refractivity contribution in [1.82, 2.24) is 19.9 Å². The highest BCUT2D eigenvalue weighted by atomic mass is 32.1. The van der Waals surface area contributed by atoms with Gasteiger partial charge in [0.15, 0.2) is 16.7 Å². The van der Waals surface area contributed by atoms with Gasteiger partial charge in [0, 0.05) is 37.0 Å². The number of hydrogen-bond donors (Lipinski definition) is 2. The molecule has 11 nitrogen and oxygen atoms in total. The van der Waals surface area contributed by atoms with Crippen LogP contribution in [0, 0.1) is 11.6 Å². The maximum Gasteiger partial charge on any atom is 0.267 e. The van der Waals surface area contributed by atoms with Crippen molar-refractivity contribution < 1.29 is 27.8 Å². The fourth-order valence-electron chi connectivity index (χ4n) is 5.11. The lowest BCUT2D eigenvalue weighted by molar-refractivity contribution is -0.127. The van der Waals surface area contributed by atoms with Crippen LogP contribution in [-0.4, -0.2) is 71.1 Å². The van der Waals surface area contributed by atoms with E-state index in [9.17, 15) is 18.4 Å². The minimum absolute atomic E-state index is 0.0156. The van der Waals surface area contributed by atoms with Crippen molar-refractivity contribution in [2.24, 2.45) is 0 Å². The monoisotopic (exact) mass is 619 g/mol. The molecule has 2 amide bonds. The molecule has 2 aliphatic heterocycles. The Hall–Kier alpha value is -4.95. The van der Waals surface area contributed by atoms with Gasteiger partial charge in [-0.15, -0.1) is 0 Å². The first-order valence-corrected chi connectivity index (χ1v) is 14.4. The number of thiazole rings is 1. The minimum atomic E-state index is -0.881. The van der Waals surface area contributed by atoms with Crippen LogP contribution in [0.4, 0.5) is 31.2 Å². The fraction of sp³-hybridized carbons (Fsp3) is 0.233. The Kier molecular flexibility index (Phi) is 8.17. The van der Waals surface area contributed by atoms with E-state index in [0.29, 0.717) is 55.2 Å². The van der Waals surface area contributed by atoms with Gasteiger partial charge < -0.3 is 29.9 Å². The molecule has 1 fully saturated rings. The van der Waals surface area contributed by atoms with Crippen molar-refractivity contribution in [3.63, 3.8) is 0 Å². The summed E-state index contributed by atoms with van der Waals surface area (Å²) in [6.07, 6.45) is 4.38. The number of nitrogens with one attached hydrogen (secondary N) is 2. The molecule has 1 atom stereocenters. The van der Waals surface area contributed by atoms with Gasteiger partial charge in [-0.25, -0.2) is 23.7 Å². The Labute approximate surface area is 255 Å². The second-order valence-corrected chi connectivity index (χ2v) is 11.0. The average molecular weight is 620 g/mol. The lowest BCUT2D eigenvalue weighted by Gasteiger charge is -2.40. The third kappa shape index (κ3) is 5.81. The molecule has 4 aromatic rings. The normalized spacial score (nSPS) is 15.9. The number of benzene rings is 1. The van der Waals surface area contributed by atoms with E-state index in [1.807, 2.05) is 6.07 Å². The number of rotatable bonds is 7. The number of fused-ring (bicyclic) bond motifs is 3. The molecule has 5 heterocycles. The Morgan fingerprint density at radius 3 is 2.75 bits per heavy atom. The summed E-state index contributed by atoms with van der Waals surface area (Å²) in [6.45, 7) is 6.15. The number of ether oxygens (including phenoxy) is 2. The number of piperazine rings is 1.